The van der Waals surface area contributed by atoms with Crippen molar-refractivity contribution in [3.63, 3.8) is 0 Å². The van der Waals surface area contributed by atoms with E-state index in [0.717, 1.165) is 10.0 Å². The first kappa shape index (κ1) is 16.5. The third-order valence-electron chi connectivity index (χ3n) is 3.07. The van der Waals surface area contributed by atoms with Crippen molar-refractivity contribution in [2.45, 2.75) is 12.5 Å². The van der Waals surface area contributed by atoms with Gasteiger partial charge in [0, 0.05) is 10.9 Å². The average Bonchev–Trinajstić information content (AvgIpc) is 2.49. The van der Waals surface area contributed by atoms with Crippen molar-refractivity contribution in [3.8, 4) is 0 Å². The lowest BCUT2D eigenvalue weighted by Gasteiger charge is -2.15. The summed E-state index contributed by atoms with van der Waals surface area (Å²) in [7, 11) is 0. The van der Waals surface area contributed by atoms with E-state index in [9.17, 15) is 14.7 Å². The van der Waals surface area contributed by atoms with E-state index >= 15 is 0 Å². The van der Waals surface area contributed by atoms with E-state index in [4.69, 9.17) is 11.6 Å². The minimum atomic E-state index is -1.09. The summed E-state index contributed by atoms with van der Waals surface area (Å²) in [5, 5.41) is 12.1. The van der Waals surface area contributed by atoms with E-state index in [-0.39, 0.29) is 17.0 Å². The zero-order valence-electron chi connectivity index (χ0n) is 11.4. The highest BCUT2D eigenvalue weighted by Gasteiger charge is 2.22. The van der Waals surface area contributed by atoms with Crippen LogP contribution < -0.4 is 5.32 Å². The summed E-state index contributed by atoms with van der Waals surface area (Å²) in [4.78, 5) is 23.5. The summed E-state index contributed by atoms with van der Waals surface area (Å²) in [6, 6.07) is 12.8. The Balaban J connectivity index is 2.12. The summed E-state index contributed by atoms with van der Waals surface area (Å²) < 4.78 is 0.906. The second-order valence-electron chi connectivity index (χ2n) is 4.67. The van der Waals surface area contributed by atoms with E-state index in [2.05, 4.69) is 21.2 Å². The van der Waals surface area contributed by atoms with Gasteiger partial charge in [0.25, 0.3) is 5.91 Å². The summed E-state index contributed by atoms with van der Waals surface area (Å²) in [5.41, 5.74) is 1.07. The van der Waals surface area contributed by atoms with Crippen LogP contribution in [0.5, 0.6) is 0 Å². The summed E-state index contributed by atoms with van der Waals surface area (Å²) in [5.74, 6) is -1.60. The number of rotatable bonds is 5. The minimum absolute atomic E-state index is 0.193. The SMILES string of the molecule is O=C(N[C@H](Cc1ccc(Br)cc1)C(=O)O)c1ccccc1Cl. The average molecular weight is 383 g/mol. The highest BCUT2D eigenvalue weighted by molar-refractivity contribution is 9.10. The van der Waals surface area contributed by atoms with Gasteiger partial charge < -0.3 is 10.4 Å². The number of carbonyl (C=O) groups excluding carboxylic acids is 1. The number of carbonyl (C=O) groups is 2. The van der Waals surface area contributed by atoms with Gasteiger partial charge in [-0.1, -0.05) is 51.8 Å². The van der Waals surface area contributed by atoms with Gasteiger partial charge in [0.2, 0.25) is 0 Å². The Morgan fingerprint density at radius 2 is 1.77 bits per heavy atom. The second-order valence-corrected chi connectivity index (χ2v) is 6.00. The maximum Gasteiger partial charge on any atom is 0.326 e. The molecule has 0 heterocycles. The van der Waals surface area contributed by atoms with Crippen molar-refractivity contribution in [1.29, 1.82) is 0 Å². The van der Waals surface area contributed by atoms with E-state index < -0.39 is 17.9 Å². The molecule has 0 aromatic heterocycles. The minimum Gasteiger partial charge on any atom is -0.480 e. The molecule has 1 amide bonds. The molecule has 4 nitrogen and oxygen atoms in total. The Morgan fingerprint density at radius 3 is 2.36 bits per heavy atom. The van der Waals surface area contributed by atoms with Crippen LogP contribution in [0, 0.1) is 0 Å². The highest BCUT2D eigenvalue weighted by Crippen LogP contribution is 2.16. The lowest BCUT2D eigenvalue weighted by atomic mass is 10.1. The number of halogens is 2. The Labute approximate surface area is 141 Å². The number of benzene rings is 2. The van der Waals surface area contributed by atoms with Crippen LogP contribution in [-0.4, -0.2) is 23.0 Å². The molecule has 6 heteroatoms. The van der Waals surface area contributed by atoms with Crippen LogP contribution in [0.4, 0.5) is 0 Å². The molecule has 114 valence electrons. The molecule has 0 aliphatic carbocycles. The highest BCUT2D eigenvalue weighted by atomic mass is 79.9. The van der Waals surface area contributed by atoms with Crippen LogP contribution in [0.3, 0.4) is 0 Å². The topological polar surface area (TPSA) is 66.4 Å². The molecule has 2 rings (SSSR count). The van der Waals surface area contributed by atoms with Crippen molar-refractivity contribution in [2.24, 2.45) is 0 Å². The molecule has 0 saturated heterocycles. The van der Waals surface area contributed by atoms with Gasteiger partial charge in [-0.25, -0.2) is 4.79 Å². The number of amides is 1. The molecular weight excluding hydrogens is 370 g/mol. The maximum atomic E-state index is 12.2. The number of carboxylic acids is 1. The molecule has 22 heavy (non-hydrogen) atoms. The van der Waals surface area contributed by atoms with Crippen LogP contribution in [0.2, 0.25) is 5.02 Å². The fourth-order valence-corrected chi connectivity index (χ4v) is 2.42. The normalized spacial score (nSPS) is 11.7. The van der Waals surface area contributed by atoms with Crippen molar-refractivity contribution in [3.05, 3.63) is 69.2 Å². The quantitative estimate of drug-likeness (QED) is 0.831. The van der Waals surface area contributed by atoms with Gasteiger partial charge in [0.05, 0.1) is 10.6 Å². The number of nitrogens with one attached hydrogen (secondary N) is 1. The summed E-state index contributed by atoms with van der Waals surface area (Å²) in [6.07, 6.45) is 0.193. The Bertz CT molecular complexity index is 688. The smallest absolute Gasteiger partial charge is 0.326 e. The van der Waals surface area contributed by atoms with E-state index in [0.29, 0.717) is 0 Å². The van der Waals surface area contributed by atoms with Gasteiger partial charge in [0.1, 0.15) is 6.04 Å². The number of hydrogen-bond acceptors (Lipinski definition) is 2. The molecule has 2 aromatic carbocycles. The molecule has 1 atom stereocenters. The molecule has 0 fully saturated rings. The van der Waals surface area contributed by atoms with Crippen molar-refractivity contribution in [1.82, 2.24) is 5.32 Å². The molecule has 0 unspecified atom stereocenters. The lowest BCUT2D eigenvalue weighted by Crippen LogP contribution is -2.42. The number of carboxylic acid groups (broad SMARTS) is 1. The molecule has 2 N–H and O–H groups in total. The van der Waals surface area contributed by atoms with Gasteiger partial charge in [-0.15, -0.1) is 0 Å². The van der Waals surface area contributed by atoms with Crippen molar-refractivity contribution in [2.75, 3.05) is 0 Å². The second kappa shape index (κ2) is 7.42. The van der Waals surface area contributed by atoms with E-state index in [1.807, 2.05) is 24.3 Å². The zero-order chi connectivity index (χ0) is 16.1. The molecule has 0 aliphatic rings. The Kier molecular flexibility index (Phi) is 5.57. The van der Waals surface area contributed by atoms with Crippen LogP contribution in [0.15, 0.2) is 53.0 Å². The predicted octanol–water partition coefficient (Wildman–Crippen LogP) is 3.53. The van der Waals surface area contributed by atoms with Gasteiger partial charge in [0.15, 0.2) is 0 Å². The van der Waals surface area contributed by atoms with Crippen LogP contribution in [0.1, 0.15) is 15.9 Å². The molecule has 0 saturated carbocycles. The van der Waals surface area contributed by atoms with E-state index in [1.165, 1.54) is 0 Å². The van der Waals surface area contributed by atoms with E-state index in [1.54, 1.807) is 24.3 Å². The largest absolute Gasteiger partial charge is 0.480 e. The molecular formula is C16H13BrClNO3. The molecule has 0 aliphatic heterocycles. The Hall–Kier alpha value is -1.85. The van der Waals surface area contributed by atoms with Crippen molar-refractivity contribution >= 4 is 39.4 Å². The first-order valence-corrected chi connectivity index (χ1v) is 7.67. The summed E-state index contributed by atoms with van der Waals surface area (Å²) in [6.45, 7) is 0. The molecule has 2 aromatic rings. The predicted molar refractivity (Wildman–Crippen MR) is 88.2 cm³/mol. The molecule has 0 bridgehead atoms. The Morgan fingerprint density at radius 1 is 1.14 bits per heavy atom. The standard InChI is InChI=1S/C16H13BrClNO3/c17-11-7-5-10(6-8-11)9-14(16(21)22)19-15(20)12-3-1-2-4-13(12)18/h1-8,14H,9H2,(H,19,20)(H,21,22)/t14-/m1/s1. The fraction of sp³-hybridized carbons (Fsp3) is 0.125. The maximum absolute atomic E-state index is 12.2. The van der Waals surface area contributed by atoms with Crippen LogP contribution in [0.25, 0.3) is 0 Å². The summed E-state index contributed by atoms with van der Waals surface area (Å²) >= 11 is 9.26. The zero-order valence-corrected chi connectivity index (χ0v) is 13.8. The van der Waals surface area contributed by atoms with Gasteiger partial charge in [-0.2, -0.15) is 0 Å². The third kappa shape index (κ3) is 4.32. The number of hydrogen-bond donors (Lipinski definition) is 2. The van der Waals surface area contributed by atoms with Crippen molar-refractivity contribution < 1.29 is 14.7 Å². The monoisotopic (exact) mass is 381 g/mol. The van der Waals surface area contributed by atoms with Gasteiger partial charge in [-0.05, 0) is 29.8 Å². The molecule has 0 radical (unpaired) electrons. The third-order valence-corrected chi connectivity index (χ3v) is 3.93. The lowest BCUT2D eigenvalue weighted by molar-refractivity contribution is -0.139. The van der Waals surface area contributed by atoms with Crippen LogP contribution in [-0.2, 0) is 11.2 Å². The van der Waals surface area contributed by atoms with Gasteiger partial charge >= 0.3 is 5.97 Å². The van der Waals surface area contributed by atoms with Crippen LogP contribution >= 0.6 is 27.5 Å². The van der Waals surface area contributed by atoms with Gasteiger partial charge in [-0.3, -0.25) is 4.79 Å². The molecule has 0 spiro atoms. The first-order valence-electron chi connectivity index (χ1n) is 6.50. The fourth-order valence-electron chi connectivity index (χ4n) is 1.94. The first-order chi connectivity index (χ1) is 10.5. The number of aliphatic carboxylic acids is 1.